The van der Waals surface area contributed by atoms with Gasteiger partial charge in [-0.05, 0) is 54.8 Å². The normalized spacial score (nSPS) is 13.5. The van der Waals surface area contributed by atoms with Crippen LogP contribution in [0.4, 0.5) is 17.2 Å². The monoisotopic (exact) mass is 275 g/mol. The van der Waals surface area contributed by atoms with Gasteiger partial charge in [-0.2, -0.15) is 0 Å². The molecule has 3 heteroatoms. The smallest absolute Gasteiger partial charge is 0.131 e. The average molecular weight is 275 g/mol. The zero-order valence-electron chi connectivity index (χ0n) is 11.8. The average Bonchev–Trinajstić information content (AvgIpc) is 2.55. The Morgan fingerprint density at radius 2 is 1.95 bits per heavy atom. The van der Waals surface area contributed by atoms with Gasteiger partial charge in [0.15, 0.2) is 0 Å². The molecule has 3 nitrogen and oxygen atoms in total. The van der Waals surface area contributed by atoms with Crippen molar-refractivity contribution in [2.24, 2.45) is 0 Å². The predicted molar refractivity (Wildman–Crippen MR) is 88.3 cm³/mol. The molecule has 3 aromatic rings. The molecule has 0 amide bonds. The molecule has 4 rings (SSSR count). The van der Waals surface area contributed by atoms with E-state index in [0.29, 0.717) is 0 Å². The molecule has 0 saturated carbocycles. The summed E-state index contributed by atoms with van der Waals surface area (Å²) in [6.45, 7) is 1.08. The van der Waals surface area contributed by atoms with E-state index < -0.39 is 0 Å². The number of aryl methyl sites for hydroxylation is 1. The number of hydrogen-bond donors (Lipinski definition) is 2. The lowest BCUT2D eigenvalue weighted by molar-refractivity contribution is 0.830. The predicted octanol–water partition coefficient (Wildman–Crippen LogP) is 4.34. The molecule has 2 aromatic carbocycles. The van der Waals surface area contributed by atoms with Crippen LogP contribution < -0.4 is 10.6 Å². The van der Waals surface area contributed by atoms with Crippen molar-refractivity contribution in [3.05, 3.63) is 60.2 Å². The van der Waals surface area contributed by atoms with Crippen molar-refractivity contribution < 1.29 is 0 Å². The summed E-state index contributed by atoms with van der Waals surface area (Å²) in [6.07, 6.45) is 2.34. The molecular formula is C18H17N3. The van der Waals surface area contributed by atoms with Crippen molar-refractivity contribution in [3.8, 4) is 0 Å². The maximum Gasteiger partial charge on any atom is 0.131 e. The Kier molecular flexibility index (Phi) is 2.96. The van der Waals surface area contributed by atoms with Crippen molar-refractivity contribution in [1.29, 1.82) is 0 Å². The Labute approximate surface area is 124 Å². The Balaban J connectivity index is 1.64. The molecule has 0 bridgehead atoms. The van der Waals surface area contributed by atoms with Gasteiger partial charge in [0.1, 0.15) is 5.82 Å². The number of nitrogens with zero attached hydrogens (tertiary/aromatic N) is 1. The molecule has 104 valence electrons. The number of nitrogens with one attached hydrogen (secondary N) is 2. The molecule has 0 fully saturated rings. The van der Waals surface area contributed by atoms with E-state index in [1.807, 2.05) is 24.3 Å². The van der Waals surface area contributed by atoms with E-state index in [1.165, 1.54) is 17.7 Å². The van der Waals surface area contributed by atoms with Crippen LogP contribution in [0.5, 0.6) is 0 Å². The number of aromatic nitrogens is 1. The summed E-state index contributed by atoms with van der Waals surface area (Å²) in [5, 5.41) is 8.01. The van der Waals surface area contributed by atoms with Crippen LogP contribution in [0.2, 0.25) is 0 Å². The van der Waals surface area contributed by atoms with Gasteiger partial charge in [0, 0.05) is 23.3 Å². The molecule has 1 aliphatic rings. The lowest BCUT2D eigenvalue weighted by atomic mass is 10.0. The first-order chi connectivity index (χ1) is 10.4. The van der Waals surface area contributed by atoms with Gasteiger partial charge >= 0.3 is 0 Å². The summed E-state index contributed by atoms with van der Waals surface area (Å²) in [6, 6.07) is 18.8. The van der Waals surface area contributed by atoms with Crippen LogP contribution in [0.15, 0.2) is 54.6 Å². The molecule has 0 unspecified atom stereocenters. The van der Waals surface area contributed by atoms with Crippen molar-refractivity contribution in [3.63, 3.8) is 0 Å². The highest BCUT2D eigenvalue weighted by molar-refractivity contribution is 5.80. The van der Waals surface area contributed by atoms with Gasteiger partial charge in [-0.15, -0.1) is 0 Å². The number of pyridine rings is 1. The zero-order chi connectivity index (χ0) is 14.1. The van der Waals surface area contributed by atoms with Crippen LogP contribution in [-0.4, -0.2) is 11.5 Å². The van der Waals surface area contributed by atoms with Gasteiger partial charge < -0.3 is 10.6 Å². The van der Waals surface area contributed by atoms with Gasteiger partial charge in [0.2, 0.25) is 0 Å². The molecule has 21 heavy (non-hydrogen) atoms. The molecule has 2 heterocycles. The standard InChI is InChI=1S/C18H17N3/c1-2-6-17-13(4-1)7-10-18(21-17)20-15-8-9-16-14(12-15)5-3-11-19-16/h1-2,4,6-10,12,19H,3,5,11H2,(H,20,21). The van der Waals surface area contributed by atoms with Crippen LogP contribution in [0.25, 0.3) is 10.9 Å². The molecule has 0 saturated heterocycles. The molecular weight excluding hydrogens is 258 g/mol. The van der Waals surface area contributed by atoms with Crippen molar-refractivity contribution >= 4 is 28.1 Å². The highest BCUT2D eigenvalue weighted by Crippen LogP contribution is 2.27. The van der Waals surface area contributed by atoms with Gasteiger partial charge in [-0.1, -0.05) is 18.2 Å². The molecule has 0 aliphatic carbocycles. The minimum Gasteiger partial charge on any atom is -0.385 e. The zero-order valence-corrected chi connectivity index (χ0v) is 11.8. The summed E-state index contributed by atoms with van der Waals surface area (Å²) in [4.78, 5) is 4.66. The van der Waals surface area contributed by atoms with E-state index in [-0.39, 0.29) is 0 Å². The second-order valence-electron chi connectivity index (χ2n) is 5.42. The molecule has 0 spiro atoms. The van der Waals surface area contributed by atoms with E-state index in [4.69, 9.17) is 0 Å². The summed E-state index contributed by atoms with van der Waals surface area (Å²) in [5.74, 6) is 0.886. The van der Waals surface area contributed by atoms with Crippen molar-refractivity contribution in [2.75, 3.05) is 17.2 Å². The third-order valence-corrected chi connectivity index (χ3v) is 3.91. The van der Waals surface area contributed by atoms with Crippen molar-refractivity contribution in [2.45, 2.75) is 12.8 Å². The minimum atomic E-state index is 0.886. The SMILES string of the molecule is c1ccc2nc(Nc3ccc4c(c3)CCCN4)ccc2c1. The summed E-state index contributed by atoms with van der Waals surface area (Å²) < 4.78 is 0. The number of benzene rings is 2. The Hall–Kier alpha value is -2.55. The largest absolute Gasteiger partial charge is 0.385 e. The number of rotatable bonds is 2. The van der Waals surface area contributed by atoms with E-state index >= 15 is 0 Å². The van der Waals surface area contributed by atoms with Crippen LogP contribution in [0, 0.1) is 0 Å². The first-order valence-corrected chi connectivity index (χ1v) is 7.38. The van der Waals surface area contributed by atoms with E-state index in [2.05, 4.69) is 45.9 Å². The van der Waals surface area contributed by atoms with Crippen LogP contribution in [0.1, 0.15) is 12.0 Å². The van der Waals surface area contributed by atoms with Crippen LogP contribution in [-0.2, 0) is 6.42 Å². The lowest BCUT2D eigenvalue weighted by Crippen LogP contribution is -2.11. The Bertz CT molecular complexity index is 795. The fourth-order valence-corrected chi connectivity index (χ4v) is 2.84. The fraction of sp³-hybridized carbons (Fsp3) is 0.167. The quantitative estimate of drug-likeness (QED) is 0.730. The minimum absolute atomic E-state index is 0.886. The second-order valence-corrected chi connectivity index (χ2v) is 5.42. The molecule has 1 aromatic heterocycles. The van der Waals surface area contributed by atoms with Crippen LogP contribution in [0.3, 0.4) is 0 Å². The number of hydrogen-bond acceptors (Lipinski definition) is 3. The second kappa shape index (κ2) is 5.09. The summed E-state index contributed by atoms with van der Waals surface area (Å²) >= 11 is 0. The third kappa shape index (κ3) is 2.42. The maximum absolute atomic E-state index is 4.66. The maximum atomic E-state index is 4.66. The summed E-state index contributed by atoms with van der Waals surface area (Å²) in [7, 11) is 0. The van der Waals surface area contributed by atoms with Gasteiger partial charge in [0.25, 0.3) is 0 Å². The Morgan fingerprint density at radius 3 is 2.95 bits per heavy atom. The van der Waals surface area contributed by atoms with E-state index in [1.54, 1.807) is 0 Å². The third-order valence-electron chi connectivity index (χ3n) is 3.91. The van der Waals surface area contributed by atoms with Gasteiger partial charge in [-0.25, -0.2) is 4.98 Å². The first kappa shape index (κ1) is 12.2. The van der Waals surface area contributed by atoms with Crippen LogP contribution >= 0.6 is 0 Å². The highest BCUT2D eigenvalue weighted by atomic mass is 15.0. The number of fused-ring (bicyclic) bond motifs is 2. The number of anilines is 3. The first-order valence-electron chi connectivity index (χ1n) is 7.38. The van der Waals surface area contributed by atoms with Crippen molar-refractivity contribution in [1.82, 2.24) is 4.98 Å². The molecule has 1 aliphatic heterocycles. The van der Waals surface area contributed by atoms with E-state index in [0.717, 1.165) is 35.4 Å². The molecule has 0 atom stereocenters. The van der Waals surface area contributed by atoms with Gasteiger partial charge in [0.05, 0.1) is 5.52 Å². The lowest BCUT2D eigenvalue weighted by Gasteiger charge is -2.19. The molecule has 0 radical (unpaired) electrons. The topological polar surface area (TPSA) is 37.0 Å². The fourth-order valence-electron chi connectivity index (χ4n) is 2.84. The summed E-state index contributed by atoms with van der Waals surface area (Å²) in [5.41, 5.74) is 4.76. The Morgan fingerprint density at radius 1 is 1.00 bits per heavy atom. The van der Waals surface area contributed by atoms with E-state index in [9.17, 15) is 0 Å². The van der Waals surface area contributed by atoms with Gasteiger partial charge in [-0.3, -0.25) is 0 Å². The highest BCUT2D eigenvalue weighted by Gasteiger charge is 2.09. The molecule has 2 N–H and O–H groups in total. The number of para-hydroxylation sites is 1.